The zero-order valence-corrected chi connectivity index (χ0v) is 8.89. The van der Waals surface area contributed by atoms with Gasteiger partial charge in [0, 0.05) is 0 Å². The van der Waals surface area contributed by atoms with E-state index in [1.807, 2.05) is 26.0 Å². The third-order valence-corrected chi connectivity index (χ3v) is 3.14. The first-order valence-electron chi connectivity index (χ1n) is 4.34. The quantitative estimate of drug-likeness (QED) is 0.826. The average molecular weight is 209 g/mol. The van der Waals surface area contributed by atoms with Crippen molar-refractivity contribution in [3.05, 3.63) is 28.5 Å². The normalized spacial score (nSPS) is 10.8. The van der Waals surface area contributed by atoms with Crippen LogP contribution in [0, 0.1) is 13.8 Å². The van der Waals surface area contributed by atoms with Crippen molar-refractivity contribution in [2.75, 3.05) is 0 Å². The molecule has 14 heavy (non-hydrogen) atoms. The van der Waals surface area contributed by atoms with E-state index in [4.69, 9.17) is 9.52 Å². The summed E-state index contributed by atoms with van der Waals surface area (Å²) in [5, 5.41) is 9.86. The van der Waals surface area contributed by atoms with Gasteiger partial charge in [-0.3, -0.25) is 0 Å². The van der Waals surface area contributed by atoms with Gasteiger partial charge in [-0.2, -0.15) is 0 Å². The van der Waals surface area contributed by atoms with Crippen molar-refractivity contribution in [2.24, 2.45) is 0 Å². The molecule has 0 saturated carbocycles. The molecule has 2 heterocycles. The van der Waals surface area contributed by atoms with Gasteiger partial charge >= 0.3 is 0 Å². The summed E-state index contributed by atoms with van der Waals surface area (Å²) in [7, 11) is 0. The summed E-state index contributed by atoms with van der Waals surface area (Å²) in [4.78, 5) is 5.23. The number of hydrogen-bond donors (Lipinski definition) is 1. The molecule has 0 aliphatic carbocycles. The summed E-state index contributed by atoms with van der Waals surface area (Å²) >= 11 is 1.47. The molecule has 74 valence electrons. The van der Waals surface area contributed by atoms with Crippen LogP contribution >= 0.6 is 11.3 Å². The summed E-state index contributed by atoms with van der Waals surface area (Å²) in [6.07, 6.45) is 0. The largest absolute Gasteiger partial charge is 0.459 e. The second-order valence-electron chi connectivity index (χ2n) is 3.10. The van der Waals surface area contributed by atoms with Crippen molar-refractivity contribution in [1.82, 2.24) is 4.98 Å². The number of hydrogen-bond acceptors (Lipinski definition) is 4. The number of nitrogens with zero attached hydrogens (tertiary/aromatic N) is 1. The van der Waals surface area contributed by atoms with Crippen LogP contribution in [-0.2, 0) is 6.61 Å². The van der Waals surface area contributed by atoms with Gasteiger partial charge in [0.15, 0.2) is 10.8 Å². The number of aliphatic hydroxyl groups is 1. The third-order valence-electron chi connectivity index (χ3n) is 1.99. The second kappa shape index (κ2) is 3.55. The van der Waals surface area contributed by atoms with Crippen molar-refractivity contribution in [3.8, 4) is 10.8 Å². The van der Waals surface area contributed by atoms with Gasteiger partial charge in [0.25, 0.3) is 0 Å². The molecule has 0 atom stereocenters. The fourth-order valence-corrected chi connectivity index (χ4v) is 2.11. The first kappa shape index (κ1) is 9.43. The van der Waals surface area contributed by atoms with Crippen LogP contribution in [0.1, 0.15) is 16.3 Å². The number of furan rings is 1. The van der Waals surface area contributed by atoms with Gasteiger partial charge in [-0.15, -0.1) is 11.3 Å². The Morgan fingerprint density at radius 3 is 2.71 bits per heavy atom. The summed E-state index contributed by atoms with van der Waals surface area (Å²) in [6.45, 7) is 3.83. The SMILES string of the molecule is Cc1ccc(-c2nc(C)c(CO)s2)o1. The topological polar surface area (TPSA) is 46.3 Å². The molecule has 3 nitrogen and oxygen atoms in total. The first-order chi connectivity index (χ1) is 6.70. The summed E-state index contributed by atoms with van der Waals surface area (Å²) in [6, 6.07) is 3.81. The van der Waals surface area contributed by atoms with Gasteiger partial charge in [0.1, 0.15) is 5.76 Å². The Hall–Kier alpha value is -1.13. The summed E-state index contributed by atoms with van der Waals surface area (Å²) < 4.78 is 5.45. The Balaban J connectivity index is 2.42. The van der Waals surface area contributed by atoms with Crippen LogP contribution in [0.5, 0.6) is 0 Å². The fourth-order valence-electron chi connectivity index (χ4n) is 1.23. The smallest absolute Gasteiger partial charge is 0.162 e. The zero-order valence-electron chi connectivity index (χ0n) is 8.07. The Morgan fingerprint density at radius 1 is 1.43 bits per heavy atom. The van der Waals surface area contributed by atoms with Crippen molar-refractivity contribution < 1.29 is 9.52 Å². The molecule has 0 fully saturated rings. The maximum atomic E-state index is 9.02. The molecular weight excluding hydrogens is 198 g/mol. The lowest BCUT2D eigenvalue weighted by atomic mass is 10.4. The van der Waals surface area contributed by atoms with E-state index in [1.54, 1.807) is 0 Å². The standard InChI is InChI=1S/C10H11NO2S/c1-6-3-4-8(13-6)10-11-7(2)9(5-12)14-10/h3-4,12H,5H2,1-2H3. The van der Waals surface area contributed by atoms with E-state index >= 15 is 0 Å². The molecule has 0 radical (unpaired) electrons. The predicted octanol–water partition coefficient (Wildman–Crippen LogP) is 2.51. The van der Waals surface area contributed by atoms with E-state index < -0.39 is 0 Å². The van der Waals surface area contributed by atoms with Gasteiger partial charge in [-0.05, 0) is 26.0 Å². The second-order valence-corrected chi connectivity index (χ2v) is 4.18. The third kappa shape index (κ3) is 1.58. The molecule has 0 saturated heterocycles. The van der Waals surface area contributed by atoms with E-state index in [1.165, 1.54) is 11.3 Å². The predicted molar refractivity (Wildman–Crippen MR) is 55.2 cm³/mol. The molecule has 1 N–H and O–H groups in total. The van der Waals surface area contributed by atoms with Crippen LogP contribution in [0.3, 0.4) is 0 Å². The fraction of sp³-hybridized carbons (Fsp3) is 0.300. The first-order valence-corrected chi connectivity index (χ1v) is 5.16. The Morgan fingerprint density at radius 2 is 2.21 bits per heavy atom. The van der Waals surface area contributed by atoms with Gasteiger partial charge in [-0.1, -0.05) is 0 Å². The number of aromatic nitrogens is 1. The van der Waals surface area contributed by atoms with Gasteiger partial charge in [0.2, 0.25) is 0 Å². The highest BCUT2D eigenvalue weighted by atomic mass is 32.1. The van der Waals surface area contributed by atoms with Crippen LogP contribution in [-0.4, -0.2) is 10.1 Å². The van der Waals surface area contributed by atoms with Gasteiger partial charge < -0.3 is 9.52 Å². The van der Waals surface area contributed by atoms with Crippen molar-refractivity contribution >= 4 is 11.3 Å². The van der Waals surface area contributed by atoms with E-state index in [0.717, 1.165) is 27.1 Å². The highest BCUT2D eigenvalue weighted by molar-refractivity contribution is 7.15. The molecule has 2 aromatic heterocycles. The molecule has 2 rings (SSSR count). The minimum Gasteiger partial charge on any atom is -0.459 e. The lowest BCUT2D eigenvalue weighted by molar-refractivity contribution is 0.284. The molecule has 0 aliphatic heterocycles. The maximum absolute atomic E-state index is 9.02. The van der Waals surface area contributed by atoms with E-state index in [-0.39, 0.29) is 6.61 Å². The van der Waals surface area contributed by atoms with Crippen LogP contribution in [0.2, 0.25) is 0 Å². The Bertz CT molecular complexity index is 445. The maximum Gasteiger partial charge on any atom is 0.162 e. The highest BCUT2D eigenvalue weighted by Gasteiger charge is 2.10. The average Bonchev–Trinajstić information content (AvgIpc) is 2.71. The van der Waals surface area contributed by atoms with Crippen LogP contribution in [0.25, 0.3) is 10.8 Å². The highest BCUT2D eigenvalue weighted by Crippen LogP contribution is 2.28. The number of aryl methyl sites for hydroxylation is 2. The van der Waals surface area contributed by atoms with E-state index in [2.05, 4.69) is 4.98 Å². The summed E-state index contributed by atoms with van der Waals surface area (Å²) in [5.74, 6) is 1.65. The number of aliphatic hydroxyl groups excluding tert-OH is 1. The molecule has 0 aliphatic rings. The molecule has 0 bridgehead atoms. The molecule has 4 heteroatoms. The van der Waals surface area contributed by atoms with Crippen molar-refractivity contribution in [1.29, 1.82) is 0 Å². The van der Waals surface area contributed by atoms with Crippen molar-refractivity contribution in [3.63, 3.8) is 0 Å². The zero-order chi connectivity index (χ0) is 10.1. The Labute approximate surface area is 86.0 Å². The van der Waals surface area contributed by atoms with Crippen LogP contribution in [0.4, 0.5) is 0 Å². The lowest BCUT2D eigenvalue weighted by Crippen LogP contribution is -1.80. The molecule has 0 amide bonds. The lowest BCUT2D eigenvalue weighted by Gasteiger charge is -1.87. The summed E-state index contributed by atoms with van der Waals surface area (Å²) in [5.41, 5.74) is 0.876. The van der Waals surface area contributed by atoms with E-state index in [0.29, 0.717) is 0 Å². The van der Waals surface area contributed by atoms with Gasteiger partial charge in [-0.25, -0.2) is 4.98 Å². The molecule has 0 unspecified atom stereocenters. The Kier molecular flexibility index (Phi) is 2.39. The minimum atomic E-state index is 0.0448. The minimum absolute atomic E-state index is 0.0448. The molecule has 0 aromatic carbocycles. The van der Waals surface area contributed by atoms with Crippen molar-refractivity contribution in [2.45, 2.75) is 20.5 Å². The number of rotatable bonds is 2. The monoisotopic (exact) mass is 209 g/mol. The molecular formula is C10H11NO2S. The number of thiazole rings is 1. The molecule has 0 spiro atoms. The van der Waals surface area contributed by atoms with E-state index in [9.17, 15) is 0 Å². The van der Waals surface area contributed by atoms with Gasteiger partial charge in [0.05, 0.1) is 17.2 Å². The van der Waals surface area contributed by atoms with Crippen LogP contribution < -0.4 is 0 Å². The van der Waals surface area contributed by atoms with Crippen LogP contribution in [0.15, 0.2) is 16.5 Å². The molecule has 2 aromatic rings.